The summed E-state index contributed by atoms with van der Waals surface area (Å²) in [5.41, 5.74) is 6.34. The number of rotatable bonds is 4. The monoisotopic (exact) mass is 288 g/mol. The number of nitrogens with zero attached hydrogens (tertiary/aromatic N) is 2. The molecule has 1 aromatic heterocycles. The fourth-order valence-electron chi connectivity index (χ4n) is 1.58. The fraction of sp³-hybridized carbons (Fsp3) is 0.0769. The highest BCUT2D eigenvalue weighted by Crippen LogP contribution is 2.09. The molecule has 0 atom stereocenters. The van der Waals surface area contributed by atoms with Gasteiger partial charge in [-0.05, 0) is 30.3 Å². The quantitative estimate of drug-likeness (QED) is 0.800. The largest absolute Gasteiger partial charge is 0.389 e. The third-order valence-electron chi connectivity index (χ3n) is 2.55. The fourth-order valence-corrected chi connectivity index (χ4v) is 1.72. The van der Waals surface area contributed by atoms with E-state index >= 15 is 0 Å². The lowest BCUT2D eigenvalue weighted by Crippen LogP contribution is -2.28. The Bertz CT molecular complexity index is 694. The Morgan fingerprint density at radius 2 is 2.05 bits per heavy atom. The predicted octanol–water partition coefficient (Wildman–Crippen LogP) is 0.516. The first kappa shape index (κ1) is 13.9. The van der Waals surface area contributed by atoms with Crippen molar-refractivity contribution in [2.45, 2.75) is 6.54 Å². The smallest absolute Gasteiger partial charge is 0.347 e. The number of hydrogen-bond donors (Lipinski definition) is 2. The summed E-state index contributed by atoms with van der Waals surface area (Å²) >= 11 is 4.84. The zero-order valence-electron chi connectivity index (χ0n) is 10.4. The van der Waals surface area contributed by atoms with Crippen LogP contribution in [0.5, 0.6) is 0 Å². The number of carbonyl (C=O) groups is 1. The molecule has 0 saturated heterocycles. The van der Waals surface area contributed by atoms with E-state index in [1.54, 1.807) is 30.3 Å². The van der Waals surface area contributed by atoms with Crippen LogP contribution in [0.3, 0.4) is 0 Å². The maximum absolute atomic E-state index is 11.8. The molecule has 2 rings (SSSR count). The maximum Gasteiger partial charge on any atom is 0.347 e. The molecule has 1 aromatic carbocycles. The molecular weight excluding hydrogens is 276 g/mol. The molecule has 0 fully saturated rings. The number of amides is 1. The van der Waals surface area contributed by atoms with E-state index in [9.17, 15) is 9.59 Å². The molecule has 20 heavy (non-hydrogen) atoms. The first-order valence-corrected chi connectivity index (χ1v) is 6.18. The van der Waals surface area contributed by atoms with Crippen molar-refractivity contribution in [3.05, 3.63) is 58.8 Å². The van der Waals surface area contributed by atoms with Gasteiger partial charge in [-0.2, -0.15) is 0 Å². The topological polar surface area (TPSA) is 90.0 Å². The third kappa shape index (κ3) is 3.48. The Labute approximate surface area is 120 Å². The second kappa shape index (κ2) is 6.07. The lowest BCUT2D eigenvalue weighted by atomic mass is 10.2. The molecule has 0 saturated carbocycles. The molecular formula is C13H12N4O2S. The van der Waals surface area contributed by atoms with Gasteiger partial charge in [0.15, 0.2) is 0 Å². The third-order valence-corrected chi connectivity index (χ3v) is 2.79. The molecule has 0 aliphatic heterocycles. The van der Waals surface area contributed by atoms with Gasteiger partial charge in [0, 0.05) is 23.6 Å². The number of benzene rings is 1. The van der Waals surface area contributed by atoms with Crippen LogP contribution in [0.4, 0.5) is 5.69 Å². The van der Waals surface area contributed by atoms with Gasteiger partial charge >= 0.3 is 5.69 Å². The van der Waals surface area contributed by atoms with E-state index in [-0.39, 0.29) is 12.5 Å². The number of aromatic nitrogens is 2. The summed E-state index contributed by atoms with van der Waals surface area (Å²) in [5, 5.41) is 2.67. The highest BCUT2D eigenvalue weighted by Gasteiger charge is 2.05. The molecule has 0 radical (unpaired) electrons. The van der Waals surface area contributed by atoms with Crippen molar-refractivity contribution in [3.8, 4) is 0 Å². The number of thiocarbonyl (C=S) groups is 1. The van der Waals surface area contributed by atoms with Gasteiger partial charge in [-0.25, -0.2) is 9.78 Å². The molecule has 7 heteroatoms. The van der Waals surface area contributed by atoms with Gasteiger partial charge in [0.05, 0.1) is 0 Å². The molecule has 0 bridgehead atoms. The summed E-state index contributed by atoms with van der Waals surface area (Å²) in [6, 6.07) is 8.41. The van der Waals surface area contributed by atoms with Gasteiger partial charge in [-0.3, -0.25) is 9.36 Å². The lowest BCUT2D eigenvalue weighted by molar-refractivity contribution is -0.116. The molecule has 0 aliphatic rings. The Balaban J connectivity index is 2.03. The van der Waals surface area contributed by atoms with Crippen molar-refractivity contribution in [1.29, 1.82) is 0 Å². The van der Waals surface area contributed by atoms with Gasteiger partial charge in [-0.15, -0.1) is 0 Å². The number of nitrogens with one attached hydrogen (secondary N) is 1. The summed E-state index contributed by atoms with van der Waals surface area (Å²) in [4.78, 5) is 27.0. The Kier molecular flexibility index (Phi) is 4.21. The van der Waals surface area contributed by atoms with E-state index in [0.717, 1.165) is 5.56 Å². The van der Waals surface area contributed by atoms with Crippen LogP contribution in [0.25, 0.3) is 0 Å². The summed E-state index contributed by atoms with van der Waals surface area (Å²) in [5.74, 6) is -0.317. The maximum atomic E-state index is 11.8. The highest BCUT2D eigenvalue weighted by atomic mass is 32.1. The molecule has 1 amide bonds. The normalized spacial score (nSPS) is 10.0. The van der Waals surface area contributed by atoms with Crippen molar-refractivity contribution in [3.63, 3.8) is 0 Å². The zero-order valence-corrected chi connectivity index (χ0v) is 11.3. The molecule has 0 unspecified atom stereocenters. The molecule has 6 nitrogen and oxygen atoms in total. The van der Waals surface area contributed by atoms with Crippen LogP contribution in [-0.4, -0.2) is 20.4 Å². The second-order valence-electron chi connectivity index (χ2n) is 4.02. The van der Waals surface area contributed by atoms with Crippen LogP contribution in [0.15, 0.2) is 47.5 Å². The minimum atomic E-state index is -0.466. The van der Waals surface area contributed by atoms with Crippen LogP contribution >= 0.6 is 12.2 Å². The summed E-state index contributed by atoms with van der Waals surface area (Å²) < 4.78 is 1.22. The van der Waals surface area contributed by atoms with Crippen LogP contribution in [0.2, 0.25) is 0 Å². The van der Waals surface area contributed by atoms with Gasteiger partial charge < -0.3 is 11.1 Å². The molecule has 3 N–H and O–H groups in total. The molecule has 0 aliphatic carbocycles. The van der Waals surface area contributed by atoms with E-state index in [1.165, 1.54) is 17.0 Å². The summed E-state index contributed by atoms with van der Waals surface area (Å²) in [6.45, 7) is -0.0935. The van der Waals surface area contributed by atoms with Crippen LogP contribution in [0.1, 0.15) is 5.56 Å². The van der Waals surface area contributed by atoms with Gasteiger partial charge in [-0.1, -0.05) is 12.2 Å². The van der Waals surface area contributed by atoms with E-state index < -0.39 is 5.69 Å². The second-order valence-corrected chi connectivity index (χ2v) is 4.46. The van der Waals surface area contributed by atoms with Crippen LogP contribution in [0, 0.1) is 0 Å². The molecule has 1 heterocycles. The minimum absolute atomic E-state index is 0.0935. The number of hydrogen-bond acceptors (Lipinski definition) is 4. The van der Waals surface area contributed by atoms with E-state index in [4.69, 9.17) is 18.0 Å². The zero-order chi connectivity index (χ0) is 14.5. The van der Waals surface area contributed by atoms with E-state index in [2.05, 4.69) is 10.3 Å². The van der Waals surface area contributed by atoms with E-state index in [1.807, 2.05) is 0 Å². The minimum Gasteiger partial charge on any atom is -0.389 e. The Morgan fingerprint density at radius 3 is 2.65 bits per heavy atom. The average Bonchev–Trinajstić information content (AvgIpc) is 2.42. The first-order chi connectivity index (χ1) is 9.56. The lowest BCUT2D eigenvalue weighted by Gasteiger charge is -2.07. The number of carbonyl (C=O) groups excluding carboxylic acids is 1. The van der Waals surface area contributed by atoms with Crippen molar-refractivity contribution < 1.29 is 4.79 Å². The highest BCUT2D eigenvalue weighted by molar-refractivity contribution is 7.80. The molecule has 0 spiro atoms. The first-order valence-electron chi connectivity index (χ1n) is 5.77. The van der Waals surface area contributed by atoms with Crippen molar-refractivity contribution in [2.24, 2.45) is 5.73 Å². The summed E-state index contributed by atoms with van der Waals surface area (Å²) in [6.07, 6.45) is 2.88. The van der Waals surface area contributed by atoms with Crippen LogP contribution < -0.4 is 16.7 Å². The number of nitrogens with two attached hydrogens (primary N) is 1. The van der Waals surface area contributed by atoms with Crippen molar-refractivity contribution in [2.75, 3.05) is 5.32 Å². The Hall–Kier alpha value is -2.54. The summed E-state index contributed by atoms with van der Waals surface area (Å²) in [7, 11) is 0. The predicted molar refractivity (Wildman–Crippen MR) is 79.5 cm³/mol. The van der Waals surface area contributed by atoms with Gasteiger partial charge in [0.25, 0.3) is 0 Å². The van der Waals surface area contributed by atoms with Crippen molar-refractivity contribution >= 4 is 28.8 Å². The molecule has 2 aromatic rings. The van der Waals surface area contributed by atoms with Crippen LogP contribution in [-0.2, 0) is 11.3 Å². The SMILES string of the molecule is NC(=S)c1ccc(NC(=O)Cn2cccnc2=O)cc1. The average molecular weight is 288 g/mol. The van der Waals surface area contributed by atoms with Gasteiger partial charge in [0.1, 0.15) is 11.5 Å². The van der Waals surface area contributed by atoms with Gasteiger partial charge in [0.2, 0.25) is 5.91 Å². The van der Waals surface area contributed by atoms with Crippen molar-refractivity contribution in [1.82, 2.24) is 9.55 Å². The standard InChI is InChI=1S/C13H12N4O2S/c14-12(20)9-2-4-10(5-3-9)16-11(18)8-17-7-1-6-15-13(17)19/h1-7H,8H2,(H2,14,20)(H,16,18). The Morgan fingerprint density at radius 1 is 1.35 bits per heavy atom. The number of anilines is 1. The molecule has 102 valence electrons. The van der Waals surface area contributed by atoms with E-state index in [0.29, 0.717) is 10.7 Å².